The lowest BCUT2D eigenvalue weighted by molar-refractivity contribution is 0.602. The Labute approximate surface area is 142 Å². The van der Waals surface area contributed by atoms with Crippen LogP contribution in [0.1, 0.15) is 0 Å². The summed E-state index contributed by atoms with van der Waals surface area (Å²) < 4.78 is 25.1. The van der Waals surface area contributed by atoms with E-state index < -0.39 is 9.84 Å². The number of nitrogens with zero attached hydrogens (tertiary/aromatic N) is 4. The zero-order chi connectivity index (χ0) is 16.7. The van der Waals surface area contributed by atoms with Crippen LogP contribution >= 0.6 is 11.3 Å². The molecule has 8 heteroatoms. The van der Waals surface area contributed by atoms with Crippen LogP contribution < -0.4 is 0 Å². The quantitative estimate of drug-likeness (QED) is 0.564. The summed E-state index contributed by atoms with van der Waals surface area (Å²) in [5.74, 6) is 0.655. The standard InChI is InChI=1S/C16H12N4O2S2/c1-24(21,22)12-5-2-4-11(8-12)20-14-10-17-16(15-6-3-7-23-15)19-13(14)9-18-20/h2-10H,1H3. The number of sulfone groups is 1. The van der Waals surface area contributed by atoms with E-state index in [0.29, 0.717) is 17.0 Å². The van der Waals surface area contributed by atoms with Crippen molar-refractivity contribution in [1.82, 2.24) is 19.7 Å². The van der Waals surface area contributed by atoms with Gasteiger partial charge in [0, 0.05) is 6.26 Å². The average Bonchev–Trinajstić information content (AvgIpc) is 3.23. The molecule has 0 aliphatic heterocycles. The van der Waals surface area contributed by atoms with Gasteiger partial charge in [0.25, 0.3) is 0 Å². The van der Waals surface area contributed by atoms with Crippen molar-refractivity contribution in [1.29, 1.82) is 0 Å². The zero-order valence-electron chi connectivity index (χ0n) is 12.6. The van der Waals surface area contributed by atoms with Crippen molar-refractivity contribution in [3.8, 4) is 16.4 Å². The third kappa shape index (κ3) is 2.59. The van der Waals surface area contributed by atoms with Crippen molar-refractivity contribution in [2.75, 3.05) is 6.26 Å². The normalized spacial score (nSPS) is 11.9. The number of fused-ring (bicyclic) bond motifs is 1. The molecule has 0 spiro atoms. The first-order valence-corrected chi connectivity index (χ1v) is 9.85. The predicted molar refractivity (Wildman–Crippen MR) is 93.1 cm³/mol. The molecule has 24 heavy (non-hydrogen) atoms. The van der Waals surface area contributed by atoms with E-state index in [-0.39, 0.29) is 4.90 Å². The SMILES string of the molecule is CS(=O)(=O)c1cccc(-n2ncc3nc(-c4cccs4)ncc32)c1. The summed E-state index contributed by atoms with van der Waals surface area (Å²) in [6.07, 6.45) is 4.54. The smallest absolute Gasteiger partial charge is 0.175 e. The molecule has 3 heterocycles. The van der Waals surface area contributed by atoms with Gasteiger partial charge in [0.05, 0.1) is 27.9 Å². The van der Waals surface area contributed by atoms with Gasteiger partial charge in [-0.15, -0.1) is 11.3 Å². The molecule has 4 aromatic rings. The Bertz CT molecular complexity index is 1130. The van der Waals surface area contributed by atoms with Crippen LogP contribution in [-0.2, 0) is 9.84 Å². The topological polar surface area (TPSA) is 77.7 Å². The van der Waals surface area contributed by atoms with Gasteiger partial charge in [0.2, 0.25) is 0 Å². The first-order valence-electron chi connectivity index (χ1n) is 7.07. The van der Waals surface area contributed by atoms with Crippen LogP contribution in [0.5, 0.6) is 0 Å². The Morgan fingerprint density at radius 3 is 2.75 bits per heavy atom. The van der Waals surface area contributed by atoms with Gasteiger partial charge in [-0.2, -0.15) is 5.10 Å². The molecular formula is C16H12N4O2S2. The Morgan fingerprint density at radius 2 is 2.00 bits per heavy atom. The molecule has 0 radical (unpaired) electrons. The lowest BCUT2D eigenvalue weighted by atomic mass is 10.3. The molecule has 0 aliphatic rings. The maximum atomic E-state index is 11.7. The van der Waals surface area contributed by atoms with E-state index in [1.54, 1.807) is 52.7 Å². The monoisotopic (exact) mass is 356 g/mol. The lowest BCUT2D eigenvalue weighted by Gasteiger charge is -2.05. The van der Waals surface area contributed by atoms with Gasteiger partial charge in [0.15, 0.2) is 15.7 Å². The van der Waals surface area contributed by atoms with Crippen LogP contribution in [0.25, 0.3) is 27.4 Å². The number of hydrogen-bond acceptors (Lipinski definition) is 6. The molecule has 0 N–H and O–H groups in total. The van der Waals surface area contributed by atoms with Crippen molar-refractivity contribution in [2.24, 2.45) is 0 Å². The number of hydrogen-bond donors (Lipinski definition) is 0. The minimum absolute atomic E-state index is 0.250. The average molecular weight is 356 g/mol. The maximum Gasteiger partial charge on any atom is 0.175 e. The summed E-state index contributed by atoms with van der Waals surface area (Å²) in [7, 11) is -3.28. The van der Waals surface area contributed by atoms with Crippen molar-refractivity contribution in [3.63, 3.8) is 0 Å². The Balaban J connectivity index is 1.84. The number of benzene rings is 1. The fourth-order valence-electron chi connectivity index (χ4n) is 2.40. The Morgan fingerprint density at radius 1 is 1.12 bits per heavy atom. The minimum Gasteiger partial charge on any atom is -0.234 e. The molecule has 1 aromatic carbocycles. The van der Waals surface area contributed by atoms with Gasteiger partial charge >= 0.3 is 0 Å². The van der Waals surface area contributed by atoms with Crippen LogP contribution in [0.3, 0.4) is 0 Å². The fourth-order valence-corrected chi connectivity index (χ4v) is 3.72. The van der Waals surface area contributed by atoms with E-state index in [2.05, 4.69) is 15.1 Å². The molecule has 0 saturated heterocycles. The molecule has 0 bridgehead atoms. The molecule has 120 valence electrons. The van der Waals surface area contributed by atoms with Crippen LogP contribution in [0.2, 0.25) is 0 Å². The molecule has 0 fully saturated rings. The van der Waals surface area contributed by atoms with Crippen molar-refractivity contribution >= 4 is 32.2 Å². The van der Waals surface area contributed by atoms with Crippen molar-refractivity contribution in [3.05, 3.63) is 54.2 Å². The van der Waals surface area contributed by atoms with E-state index >= 15 is 0 Å². The van der Waals surface area contributed by atoms with E-state index in [9.17, 15) is 8.42 Å². The van der Waals surface area contributed by atoms with Gasteiger partial charge < -0.3 is 0 Å². The lowest BCUT2D eigenvalue weighted by Crippen LogP contribution is -2.01. The molecule has 6 nitrogen and oxygen atoms in total. The summed E-state index contributed by atoms with van der Waals surface area (Å²) >= 11 is 1.57. The third-order valence-corrected chi connectivity index (χ3v) is 5.53. The Kier molecular flexibility index (Phi) is 3.43. The maximum absolute atomic E-state index is 11.7. The van der Waals surface area contributed by atoms with Gasteiger partial charge in [-0.25, -0.2) is 23.1 Å². The second-order valence-corrected chi connectivity index (χ2v) is 8.23. The second kappa shape index (κ2) is 5.50. The van der Waals surface area contributed by atoms with Crippen LogP contribution in [-0.4, -0.2) is 34.4 Å². The predicted octanol–water partition coefficient (Wildman–Crippen LogP) is 2.95. The third-order valence-electron chi connectivity index (χ3n) is 3.55. The van der Waals surface area contributed by atoms with Crippen LogP contribution in [0, 0.1) is 0 Å². The van der Waals surface area contributed by atoms with Gasteiger partial charge in [-0.1, -0.05) is 12.1 Å². The molecule has 0 saturated carbocycles. The number of rotatable bonds is 3. The number of thiophene rings is 1. The highest BCUT2D eigenvalue weighted by Gasteiger charge is 2.12. The van der Waals surface area contributed by atoms with E-state index in [1.165, 1.54) is 6.26 Å². The molecular weight excluding hydrogens is 344 g/mol. The van der Waals surface area contributed by atoms with Crippen molar-refractivity contribution in [2.45, 2.75) is 4.90 Å². The van der Waals surface area contributed by atoms with E-state index in [4.69, 9.17) is 0 Å². The highest BCUT2D eigenvalue weighted by molar-refractivity contribution is 7.90. The first kappa shape index (κ1) is 15.0. The minimum atomic E-state index is -3.28. The van der Waals surface area contributed by atoms with Gasteiger partial charge in [-0.3, -0.25) is 0 Å². The van der Waals surface area contributed by atoms with Crippen molar-refractivity contribution < 1.29 is 8.42 Å². The van der Waals surface area contributed by atoms with Crippen LogP contribution in [0.15, 0.2) is 59.1 Å². The zero-order valence-corrected chi connectivity index (χ0v) is 14.3. The molecule has 4 rings (SSSR count). The molecule has 0 atom stereocenters. The summed E-state index contributed by atoms with van der Waals surface area (Å²) in [5.41, 5.74) is 2.08. The van der Waals surface area contributed by atoms with Gasteiger partial charge in [0.1, 0.15) is 11.0 Å². The second-order valence-electron chi connectivity index (χ2n) is 5.27. The van der Waals surface area contributed by atoms with Gasteiger partial charge in [-0.05, 0) is 29.6 Å². The highest BCUT2D eigenvalue weighted by atomic mass is 32.2. The van der Waals surface area contributed by atoms with E-state index in [1.807, 2.05) is 17.5 Å². The summed E-state index contributed by atoms with van der Waals surface area (Å²) in [6, 6.07) is 10.6. The Hall–Kier alpha value is -2.58. The van der Waals surface area contributed by atoms with Crippen LogP contribution in [0.4, 0.5) is 0 Å². The molecule has 0 aliphatic carbocycles. The summed E-state index contributed by atoms with van der Waals surface area (Å²) in [5, 5.41) is 6.31. The highest BCUT2D eigenvalue weighted by Crippen LogP contribution is 2.24. The molecule has 0 amide bonds. The first-order chi connectivity index (χ1) is 11.5. The fraction of sp³-hybridized carbons (Fsp3) is 0.0625. The molecule has 3 aromatic heterocycles. The largest absolute Gasteiger partial charge is 0.234 e. The molecule has 0 unspecified atom stereocenters. The van der Waals surface area contributed by atoms with E-state index in [0.717, 1.165) is 10.4 Å². The summed E-state index contributed by atoms with van der Waals surface area (Å²) in [4.78, 5) is 10.2. The summed E-state index contributed by atoms with van der Waals surface area (Å²) in [6.45, 7) is 0. The number of aromatic nitrogens is 4.